The summed E-state index contributed by atoms with van der Waals surface area (Å²) in [6.07, 6.45) is 8.52. The van der Waals surface area contributed by atoms with Crippen molar-refractivity contribution in [3.63, 3.8) is 0 Å². The van der Waals surface area contributed by atoms with Gasteiger partial charge in [0, 0.05) is 12.6 Å². The second-order valence-corrected chi connectivity index (χ2v) is 4.78. The van der Waals surface area contributed by atoms with Gasteiger partial charge in [-0.2, -0.15) is 0 Å². The molecule has 0 aromatic rings. The van der Waals surface area contributed by atoms with Gasteiger partial charge >= 0.3 is 0 Å². The highest BCUT2D eigenvalue weighted by atomic mass is 15.1. The smallest absolute Gasteiger partial charge is 0.00953 e. The van der Waals surface area contributed by atoms with Gasteiger partial charge in [-0.05, 0) is 25.8 Å². The van der Waals surface area contributed by atoms with Gasteiger partial charge in [0.05, 0.1) is 0 Å². The predicted octanol–water partition coefficient (Wildman–Crippen LogP) is 3.30. The number of likely N-dealkylation sites (tertiary alicyclic amines) is 1. The first-order valence-corrected chi connectivity index (χ1v) is 5.94. The summed E-state index contributed by atoms with van der Waals surface area (Å²) in [4.78, 5) is 2.55. The van der Waals surface area contributed by atoms with Crippen molar-refractivity contribution in [2.24, 2.45) is 5.92 Å². The first-order valence-electron chi connectivity index (χ1n) is 5.94. The van der Waals surface area contributed by atoms with E-state index in [9.17, 15) is 0 Å². The van der Waals surface area contributed by atoms with E-state index in [1.54, 1.807) is 0 Å². The second-order valence-electron chi connectivity index (χ2n) is 4.78. The lowest BCUT2D eigenvalue weighted by Crippen LogP contribution is -2.24. The van der Waals surface area contributed by atoms with E-state index >= 15 is 0 Å². The third-order valence-corrected chi connectivity index (χ3v) is 3.29. The van der Waals surface area contributed by atoms with Gasteiger partial charge < -0.3 is 4.90 Å². The predicted molar refractivity (Wildman–Crippen MR) is 59.0 cm³/mol. The van der Waals surface area contributed by atoms with Crippen LogP contribution in [-0.2, 0) is 0 Å². The Labute approximate surface area is 83.5 Å². The van der Waals surface area contributed by atoms with Crippen LogP contribution in [0, 0.1) is 5.92 Å². The fourth-order valence-corrected chi connectivity index (χ4v) is 2.50. The maximum Gasteiger partial charge on any atom is 0.00953 e. The summed E-state index contributed by atoms with van der Waals surface area (Å²) in [6.45, 7) is 5.98. The highest BCUT2D eigenvalue weighted by Gasteiger charge is 2.25. The van der Waals surface area contributed by atoms with Crippen LogP contribution in [0.2, 0.25) is 0 Å². The molecular weight excluding hydrogens is 158 g/mol. The number of hydrogen-bond donors (Lipinski definition) is 0. The topological polar surface area (TPSA) is 3.24 Å². The molecule has 1 nitrogen and oxygen atoms in total. The van der Waals surface area contributed by atoms with Gasteiger partial charge in [0.2, 0.25) is 0 Å². The molecule has 0 aliphatic carbocycles. The van der Waals surface area contributed by atoms with E-state index in [2.05, 4.69) is 25.8 Å². The molecule has 78 valence electrons. The van der Waals surface area contributed by atoms with Gasteiger partial charge in [-0.1, -0.05) is 39.5 Å². The molecule has 0 spiro atoms. The van der Waals surface area contributed by atoms with Crippen molar-refractivity contribution in [2.75, 3.05) is 13.6 Å². The summed E-state index contributed by atoms with van der Waals surface area (Å²) < 4.78 is 0. The zero-order chi connectivity index (χ0) is 9.68. The average Bonchev–Trinajstić information content (AvgIpc) is 2.39. The minimum Gasteiger partial charge on any atom is -0.303 e. The summed E-state index contributed by atoms with van der Waals surface area (Å²) in [5.41, 5.74) is 0. The molecule has 2 atom stereocenters. The molecule has 2 unspecified atom stereocenters. The molecule has 0 bridgehead atoms. The van der Waals surface area contributed by atoms with Crippen LogP contribution in [0.5, 0.6) is 0 Å². The highest BCUT2D eigenvalue weighted by molar-refractivity contribution is 4.80. The van der Waals surface area contributed by atoms with Crippen LogP contribution in [0.1, 0.15) is 52.4 Å². The van der Waals surface area contributed by atoms with Crippen molar-refractivity contribution in [1.82, 2.24) is 4.90 Å². The zero-order valence-corrected chi connectivity index (χ0v) is 9.55. The number of hydrogen-bond acceptors (Lipinski definition) is 1. The Hall–Kier alpha value is -0.0400. The summed E-state index contributed by atoms with van der Waals surface area (Å²) in [5, 5.41) is 0. The van der Waals surface area contributed by atoms with Gasteiger partial charge in [-0.25, -0.2) is 0 Å². The lowest BCUT2D eigenvalue weighted by Gasteiger charge is -2.18. The largest absolute Gasteiger partial charge is 0.303 e. The molecule has 1 aliphatic heterocycles. The summed E-state index contributed by atoms with van der Waals surface area (Å²) >= 11 is 0. The minimum atomic E-state index is 0.895. The Balaban J connectivity index is 2.07. The summed E-state index contributed by atoms with van der Waals surface area (Å²) in [6, 6.07) is 0.895. The zero-order valence-electron chi connectivity index (χ0n) is 9.55. The maximum atomic E-state index is 2.55. The van der Waals surface area contributed by atoms with Gasteiger partial charge in [0.1, 0.15) is 0 Å². The van der Waals surface area contributed by atoms with Crippen molar-refractivity contribution in [3.8, 4) is 0 Å². The van der Waals surface area contributed by atoms with E-state index in [-0.39, 0.29) is 0 Å². The van der Waals surface area contributed by atoms with Gasteiger partial charge in [0.25, 0.3) is 0 Å². The SMILES string of the molecule is CCCCCCC1CC(C)CN1C. The third kappa shape index (κ3) is 3.68. The van der Waals surface area contributed by atoms with E-state index in [1.807, 2.05) is 0 Å². The fraction of sp³-hybridized carbons (Fsp3) is 1.00. The lowest BCUT2D eigenvalue weighted by atomic mass is 10.0. The van der Waals surface area contributed by atoms with Crippen LogP contribution in [0.25, 0.3) is 0 Å². The summed E-state index contributed by atoms with van der Waals surface area (Å²) in [7, 11) is 2.29. The standard InChI is InChI=1S/C12H25N/c1-4-5-6-7-8-12-9-11(2)10-13(12)3/h11-12H,4-10H2,1-3H3. The lowest BCUT2D eigenvalue weighted by molar-refractivity contribution is 0.288. The van der Waals surface area contributed by atoms with Crippen LogP contribution in [-0.4, -0.2) is 24.5 Å². The number of unbranched alkanes of at least 4 members (excludes halogenated alkanes) is 3. The molecular formula is C12H25N. The fourth-order valence-electron chi connectivity index (χ4n) is 2.50. The molecule has 1 saturated heterocycles. The molecule has 1 aliphatic rings. The normalized spacial score (nSPS) is 29.8. The van der Waals surface area contributed by atoms with E-state index in [1.165, 1.54) is 45.1 Å². The molecule has 13 heavy (non-hydrogen) atoms. The average molecular weight is 183 g/mol. The highest BCUT2D eigenvalue weighted by Crippen LogP contribution is 2.24. The van der Waals surface area contributed by atoms with Crippen molar-refractivity contribution < 1.29 is 0 Å². The van der Waals surface area contributed by atoms with Crippen LogP contribution < -0.4 is 0 Å². The molecule has 1 heteroatoms. The third-order valence-electron chi connectivity index (χ3n) is 3.29. The molecule has 0 radical (unpaired) electrons. The molecule has 1 rings (SSSR count). The number of nitrogens with zero attached hydrogens (tertiary/aromatic N) is 1. The van der Waals surface area contributed by atoms with Crippen molar-refractivity contribution in [1.29, 1.82) is 0 Å². The van der Waals surface area contributed by atoms with Crippen LogP contribution in [0.3, 0.4) is 0 Å². The molecule has 1 heterocycles. The molecule has 1 fully saturated rings. The second kappa shape index (κ2) is 5.64. The molecule has 0 aromatic carbocycles. The minimum absolute atomic E-state index is 0.895. The van der Waals surface area contributed by atoms with E-state index < -0.39 is 0 Å². The van der Waals surface area contributed by atoms with Crippen LogP contribution in [0.15, 0.2) is 0 Å². The Kier molecular flexibility index (Phi) is 4.79. The van der Waals surface area contributed by atoms with E-state index in [0.29, 0.717) is 0 Å². The number of rotatable bonds is 5. The van der Waals surface area contributed by atoms with Crippen molar-refractivity contribution >= 4 is 0 Å². The Morgan fingerprint density at radius 2 is 2.00 bits per heavy atom. The van der Waals surface area contributed by atoms with Crippen molar-refractivity contribution in [3.05, 3.63) is 0 Å². The van der Waals surface area contributed by atoms with Crippen LogP contribution in [0.4, 0.5) is 0 Å². The van der Waals surface area contributed by atoms with E-state index in [0.717, 1.165) is 12.0 Å². The van der Waals surface area contributed by atoms with Gasteiger partial charge in [-0.15, -0.1) is 0 Å². The monoisotopic (exact) mass is 183 g/mol. The molecule has 0 saturated carbocycles. The first kappa shape index (κ1) is 11.0. The quantitative estimate of drug-likeness (QED) is 0.591. The van der Waals surface area contributed by atoms with Crippen molar-refractivity contribution in [2.45, 2.75) is 58.4 Å². The molecule has 0 N–H and O–H groups in total. The first-order chi connectivity index (χ1) is 6.24. The van der Waals surface area contributed by atoms with E-state index in [4.69, 9.17) is 0 Å². The Morgan fingerprint density at radius 1 is 1.23 bits per heavy atom. The Morgan fingerprint density at radius 3 is 2.54 bits per heavy atom. The maximum absolute atomic E-state index is 2.55. The van der Waals surface area contributed by atoms with Gasteiger partial charge in [-0.3, -0.25) is 0 Å². The van der Waals surface area contributed by atoms with Gasteiger partial charge in [0.15, 0.2) is 0 Å². The molecule has 0 aromatic heterocycles. The Bertz CT molecular complexity index is 133. The molecule has 0 amide bonds. The van der Waals surface area contributed by atoms with Crippen LogP contribution >= 0.6 is 0 Å². The summed E-state index contributed by atoms with van der Waals surface area (Å²) in [5.74, 6) is 0.932.